The molecule has 0 aliphatic rings. The second-order valence-electron chi connectivity index (χ2n) is 5.87. The molecule has 0 saturated carbocycles. The molecule has 2 aromatic rings. The van der Waals surface area contributed by atoms with E-state index in [0.29, 0.717) is 10.6 Å². The van der Waals surface area contributed by atoms with Crippen LogP contribution in [-0.2, 0) is 0 Å². The lowest BCUT2D eigenvalue weighted by molar-refractivity contribution is 0.0626. The molecule has 1 aromatic carbocycles. The maximum atomic E-state index is 12.7. The lowest BCUT2D eigenvalue weighted by Crippen LogP contribution is -2.44. The summed E-state index contributed by atoms with van der Waals surface area (Å²) in [6.45, 7) is 8.25. The van der Waals surface area contributed by atoms with Crippen molar-refractivity contribution in [1.82, 2.24) is 4.90 Å². The molecule has 0 aliphatic carbocycles. The first kappa shape index (κ1) is 14.9. The fraction of sp³-hybridized carbons (Fsp3) is 0.438. The lowest BCUT2D eigenvalue weighted by atomic mass is 9.99. The molecule has 108 valence electrons. The first-order valence-corrected chi connectivity index (χ1v) is 7.66. The molecule has 4 heteroatoms. The summed E-state index contributed by atoms with van der Waals surface area (Å²) in [6, 6.07) is 6.13. The van der Waals surface area contributed by atoms with E-state index in [1.807, 2.05) is 32.2 Å². The molecule has 0 radical (unpaired) electrons. The van der Waals surface area contributed by atoms with Gasteiger partial charge in [0.1, 0.15) is 4.88 Å². The first-order valence-electron chi connectivity index (χ1n) is 6.84. The number of hydrogen-bond acceptors (Lipinski definition) is 3. The highest BCUT2D eigenvalue weighted by Crippen LogP contribution is 2.35. The van der Waals surface area contributed by atoms with Gasteiger partial charge in [0.15, 0.2) is 0 Å². The zero-order chi connectivity index (χ0) is 15.1. The van der Waals surface area contributed by atoms with Crippen LogP contribution in [-0.4, -0.2) is 23.4 Å². The van der Waals surface area contributed by atoms with Gasteiger partial charge in [0.2, 0.25) is 0 Å². The second-order valence-corrected chi connectivity index (χ2v) is 6.93. The highest BCUT2D eigenvalue weighted by atomic mass is 32.1. The van der Waals surface area contributed by atoms with Crippen molar-refractivity contribution in [2.75, 3.05) is 12.8 Å². The summed E-state index contributed by atoms with van der Waals surface area (Å²) in [5, 5.41) is 0.987. The first-order chi connectivity index (χ1) is 9.27. The van der Waals surface area contributed by atoms with Gasteiger partial charge in [0, 0.05) is 22.7 Å². The van der Waals surface area contributed by atoms with E-state index in [1.54, 1.807) is 4.90 Å². The number of nitrogen functional groups attached to an aromatic ring is 1. The van der Waals surface area contributed by atoms with Crippen LogP contribution >= 0.6 is 11.3 Å². The summed E-state index contributed by atoms with van der Waals surface area (Å²) in [7, 11) is 1.85. The van der Waals surface area contributed by atoms with Crippen LogP contribution in [0.5, 0.6) is 0 Å². The van der Waals surface area contributed by atoms with Crippen molar-refractivity contribution < 1.29 is 4.79 Å². The Morgan fingerprint density at radius 3 is 2.65 bits per heavy atom. The summed E-state index contributed by atoms with van der Waals surface area (Å²) < 4.78 is 1.07. The third-order valence-electron chi connectivity index (χ3n) is 4.15. The minimum absolute atomic E-state index is 0.00760. The summed E-state index contributed by atoms with van der Waals surface area (Å²) >= 11 is 1.48. The number of nitrogens with zero attached hydrogens (tertiary/aromatic N) is 1. The lowest BCUT2D eigenvalue weighted by Gasteiger charge is -2.34. The Kier molecular flexibility index (Phi) is 3.78. The third kappa shape index (κ3) is 2.40. The van der Waals surface area contributed by atoms with Crippen molar-refractivity contribution in [2.24, 2.45) is 0 Å². The van der Waals surface area contributed by atoms with Crippen LogP contribution < -0.4 is 5.73 Å². The minimum Gasteiger partial charge on any atom is -0.397 e. The Labute approximate surface area is 124 Å². The van der Waals surface area contributed by atoms with Crippen molar-refractivity contribution in [3.63, 3.8) is 0 Å². The quantitative estimate of drug-likeness (QED) is 0.927. The van der Waals surface area contributed by atoms with Gasteiger partial charge in [-0.3, -0.25) is 4.79 Å². The molecule has 1 aromatic heterocycles. The molecule has 0 spiro atoms. The zero-order valence-corrected chi connectivity index (χ0v) is 13.6. The van der Waals surface area contributed by atoms with E-state index in [1.165, 1.54) is 11.3 Å². The molecular weight excluding hydrogens is 268 g/mol. The van der Waals surface area contributed by atoms with Gasteiger partial charge < -0.3 is 10.6 Å². The number of carbonyl (C=O) groups is 1. The molecule has 1 heterocycles. The van der Waals surface area contributed by atoms with E-state index in [0.717, 1.165) is 22.1 Å². The number of amides is 1. The molecule has 1 amide bonds. The highest BCUT2D eigenvalue weighted by molar-refractivity contribution is 7.21. The van der Waals surface area contributed by atoms with Crippen LogP contribution in [0.3, 0.4) is 0 Å². The Morgan fingerprint density at radius 1 is 1.40 bits per heavy atom. The zero-order valence-electron chi connectivity index (χ0n) is 12.8. The number of thiophene rings is 1. The molecule has 0 saturated heterocycles. The van der Waals surface area contributed by atoms with E-state index >= 15 is 0 Å². The Morgan fingerprint density at radius 2 is 2.05 bits per heavy atom. The molecule has 3 nitrogen and oxygen atoms in total. The summed E-state index contributed by atoms with van der Waals surface area (Å²) in [4.78, 5) is 15.1. The van der Waals surface area contributed by atoms with Crippen molar-refractivity contribution in [1.29, 1.82) is 0 Å². The van der Waals surface area contributed by atoms with E-state index in [4.69, 9.17) is 5.73 Å². The van der Waals surface area contributed by atoms with Crippen molar-refractivity contribution in [3.05, 3.63) is 28.6 Å². The van der Waals surface area contributed by atoms with E-state index in [9.17, 15) is 4.79 Å². The fourth-order valence-electron chi connectivity index (χ4n) is 2.05. The van der Waals surface area contributed by atoms with Gasteiger partial charge in [0.25, 0.3) is 5.91 Å². The predicted molar refractivity (Wildman–Crippen MR) is 87.4 cm³/mol. The largest absolute Gasteiger partial charge is 0.397 e. The normalized spacial score (nSPS) is 11.8. The van der Waals surface area contributed by atoms with Gasteiger partial charge in [-0.15, -0.1) is 11.3 Å². The van der Waals surface area contributed by atoms with Gasteiger partial charge in [-0.05, 0) is 39.3 Å². The van der Waals surface area contributed by atoms with Crippen LogP contribution in [0.4, 0.5) is 5.69 Å². The number of fused-ring (bicyclic) bond motifs is 1. The van der Waals surface area contributed by atoms with Gasteiger partial charge in [0.05, 0.1) is 5.69 Å². The van der Waals surface area contributed by atoms with E-state index in [2.05, 4.69) is 20.8 Å². The van der Waals surface area contributed by atoms with Crippen molar-refractivity contribution >= 4 is 33.0 Å². The Balaban J connectivity index is 2.48. The van der Waals surface area contributed by atoms with E-state index in [-0.39, 0.29) is 11.4 Å². The summed E-state index contributed by atoms with van der Waals surface area (Å²) in [6.07, 6.45) is 0.902. The number of anilines is 1. The number of benzene rings is 1. The van der Waals surface area contributed by atoms with Crippen LogP contribution in [0.15, 0.2) is 18.2 Å². The molecule has 0 aliphatic heterocycles. The van der Waals surface area contributed by atoms with Crippen LogP contribution in [0.1, 0.15) is 42.4 Å². The second kappa shape index (κ2) is 5.09. The van der Waals surface area contributed by atoms with Gasteiger partial charge in [-0.2, -0.15) is 0 Å². The molecule has 0 bridgehead atoms. The van der Waals surface area contributed by atoms with Gasteiger partial charge in [-0.1, -0.05) is 18.6 Å². The molecule has 0 fully saturated rings. The fourth-order valence-corrected chi connectivity index (χ4v) is 3.13. The molecule has 0 unspecified atom stereocenters. The Hall–Kier alpha value is -1.55. The molecule has 0 atom stereocenters. The summed E-state index contributed by atoms with van der Waals surface area (Å²) in [5.41, 5.74) is 7.79. The van der Waals surface area contributed by atoms with E-state index < -0.39 is 0 Å². The van der Waals surface area contributed by atoms with Crippen LogP contribution in [0.2, 0.25) is 0 Å². The average Bonchev–Trinajstić information content (AvgIpc) is 2.74. The predicted octanol–water partition coefficient (Wildman–Crippen LogP) is 4.05. The maximum absolute atomic E-state index is 12.7. The number of rotatable bonds is 3. The molecular formula is C16H22N2OS. The SMILES string of the molecule is CCC(C)(C)N(C)C(=O)c1sc2ccc(C)cc2c1N. The number of carbonyl (C=O) groups excluding carboxylic acids is 1. The highest BCUT2D eigenvalue weighted by Gasteiger charge is 2.29. The molecule has 2 rings (SSSR count). The minimum atomic E-state index is -0.171. The average molecular weight is 290 g/mol. The standard InChI is InChI=1S/C16H22N2OS/c1-6-16(3,4)18(5)15(19)14-13(17)11-9-10(2)7-8-12(11)20-14/h7-9H,6,17H2,1-5H3. The van der Waals surface area contributed by atoms with Crippen molar-refractivity contribution in [3.8, 4) is 0 Å². The Bertz CT molecular complexity index is 658. The number of hydrogen-bond donors (Lipinski definition) is 1. The summed E-state index contributed by atoms with van der Waals surface area (Å²) in [5.74, 6) is 0.00760. The van der Waals surface area contributed by atoms with Gasteiger partial charge in [-0.25, -0.2) is 0 Å². The number of nitrogens with two attached hydrogens (primary N) is 1. The topological polar surface area (TPSA) is 46.3 Å². The molecule has 2 N–H and O–H groups in total. The molecule has 20 heavy (non-hydrogen) atoms. The van der Waals surface area contributed by atoms with Gasteiger partial charge >= 0.3 is 0 Å². The number of aryl methyl sites for hydroxylation is 1. The van der Waals surface area contributed by atoms with Crippen LogP contribution in [0, 0.1) is 6.92 Å². The maximum Gasteiger partial charge on any atom is 0.266 e. The smallest absolute Gasteiger partial charge is 0.266 e. The monoisotopic (exact) mass is 290 g/mol. The van der Waals surface area contributed by atoms with Crippen molar-refractivity contribution in [2.45, 2.75) is 39.7 Å². The third-order valence-corrected chi connectivity index (χ3v) is 5.33. The van der Waals surface area contributed by atoms with Crippen LogP contribution in [0.25, 0.3) is 10.1 Å².